The van der Waals surface area contributed by atoms with Gasteiger partial charge in [-0.25, -0.2) is 0 Å². The molecule has 0 bridgehead atoms. The molecule has 1 rings (SSSR count). The molecule has 0 N–H and O–H groups in total. The number of hydrogen-bond acceptors (Lipinski definition) is 4. The van der Waals surface area contributed by atoms with Crippen molar-refractivity contribution < 1.29 is 9.47 Å². The van der Waals surface area contributed by atoms with Crippen LogP contribution in [0.3, 0.4) is 0 Å². The lowest BCUT2D eigenvalue weighted by Gasteiger charge is -2.14. The van der Waals surface area contributed by atoms with E-state index in [1.54, 1.807) is 7.11 Å². The van der Waals surface area contributed by atoms with Gasteiger partial charge in [-0.3, -0.25) is 4.90 Å². The summed E-state index contributed by atoms with van der Waals surface area (Å²) in [6.07, 6.45) is 8.82. The van der Waals surface area contributed by atoms with Crippen LogP contribution in [0, 0.1) is 0 Å². The van der Waals surface area contributed by atoms with Gasteiger partial charge in [0.25, 0.3) is 0 Å². The van der Waals surface area contributed by atoms with E-state index in [0.29, 0.717) is 19.0 Å². The number of nitrogens with zero attached hydrogens (tertiary/aromatic N) is 1. The van der Waals surface area contributed by atoms with Crippen LogP contribution < -0.4 is 0 Å². The minimum atomic E-state index is 0.644. The summed E-state index contributed by atoms with van der Waals surface area (Å²) in [6, 6.07) is 0. The third kappa shape index (κ3) is 7.78. The molecule has 0 spiro atoms. The third-order valence-electron chi connectivity index (χ3n) is 3.07. The lowest BCUT2D eigenvalue weighted by molar-refractivity contribution is 0.233. The highest BCUT2D eigenvalue weighted by atomic mass is 32.2. The monoisotopic (exact) mass is 297 g/mol. The Labute approximate surface area is 127 Å². The normalized spacial score (nSPS) is 17.0. The van der Waals surface area contributed by atoms with Gasteiger partial charge in [0.2, 0.25) is 0 Å². The van der Waals surface area contributed by atoms with Crippen molar-refractivity contribution in [3.8, 4) is 0 Å². The third-order valence-corrected chi connectivity index (χ3v) is 4.15. The Balaban J connectivity index is 2.36. The number of likely N-dealkylation sites (tertiary alicyclic amines) is 1. The number of ether oxygens (including phenoxy) is 2. The highest BCUT2D eigenvalue weighted by Gasteiger charge is 2.10. The van der Waals surface area contributed by atoms with Crippen molar-refractivity contribution in [3.05, 3.63) is 36.1 Å². The first-order chi connectivity index (χ1) is 9.76. The molecule has 0 aromatic rings. The molecule has 0 atom stereocenters. The van der Waals surface area contributed by atoms with Gasteiger partial charge in [-0.05, 0) is 44.5 Å². The van der Waals surface area contributed by atoms with Crippen LogP contribution in [0.5, 0.6) is 0 Å². The predicted octanol–water partition coefficient (Wildman–Crippen LogP) is 3.45. The average molecular weight is 297 g/mol. The van der Waals surface area contributed by atoms with E-state index in [4.69, 9.17) is 9.47 Å². The van der Waals surface area contributed by atoms with Crippen LogP contribution in [-0.4, -0.2) is 49.9 Å². The van der Waals surface area contributed by atoms with Crippen molar-refractivity contribution in [1.29, 1.82) is 0 Å². The summed E-state index contributed by atoms with van der Waals surface area (Å²) >= 11 is 1.95. The molecule has 20 heavy (non-hydrogen) atoms. The standard InChI is InChI=1S/C16H27NO2S/c1-4-19-15(2)7-8-16(9-12-18-3)13-20-14-17-10-5-6-11-17/h7-9H,2,4-6,10-14H2,1,3H3/b8-7-,16-9+. The highest BCUT2D eigenvalue weighted by molar-refractivity contribution is 7.99. The van der Waals surface area contributed by atoms with Crippen molar-refractivity contribution in [3.63, 3.8) is 0 Å². The van der Waals surface area contributed by atoms with Crippen LogP contribution >= 0.6 is 11.8 Å². The van der Waals surface area contributed by atoms with E-state index in [1.165, 1.54) is 31.5 Å². The van der Waals surface area contributed by atoms with Gasteiger partial charge in [0.05, 0.1) is 13.2 Å². The molecule has 0 aliphatic carbocycles. The summed E-state index contributed by atoms with van der Waals surface area (Å²) in [7, 11) is 1.72. The van der Waals surface area contributed by atoms with Crippen molar-refractivity contribution >= 4 is 11.8 Å². The van der Waals surface area contributed by atoms with E-state index in [9.17, 15) is 0 Å². The molecule has 0 unspecified atom stereocenters. The maximum atomic E-state index is 5.33. The second kappa shape index (κ2) is 11.0. The van der Waals surface area contributed by atoms with Crippen molar-refractivity contribution in [2.75, 3.05) is 45.0 Å². The van der Waals surface area contributed by atoms with Gasteiger partial charge in [-0.15, -0.1) is 11.8 Å². The molecular weight excluding hydrogens is 270 g/mol. The fourth-order valence-corrected chi connectivity index (χ4v) is 3.06. The van der Waals surface area contributed by atoms with Crippen LogP contribution in [0.15, 0.2) is 36.1 Å². The maximum absolute atomic E-state index is 5.33. The van der Waals surface area contributed by atoms with Gasteiger partial charge in [0.1, 0.15) is 5.76 Å². The van der Waals surface area contributed by atoms with E-state index in [1.807, 2.05) is 24.8 Å². The minimum absolute atomic E-state index is 0.644. The highest BCUT2D eigenvalue weighted by Crippen LogP contribution is 2.16. The van der Waals surface area contributed by atoms with Gasteiger partial charge in [-0.1, -0.05) is 18.7 Å². The molecule has 0 radical (unpaired) electrons. The Morgan fingerprint density at radius 3 is 2.70 bits per heavy atom. The predicted molar refractivity (Wildman–Crippen MR) is 88.0 cm³/mol. The Kier molecular flexibility index (Phi) is 9.54. The first-order valence-electron chi connectivity index (χ1n) is 7.24. The average Bonchev–Trinajstić information content (AvgIpc) is 2.94. The van der Waals surface area contributed by atoms with E-state index < -0.39 is 0 Å². The zero-order valence-corrected chi connectivity index (χ0v) is 13.6. The Bertz CT molecular complexity index is 333. The molecule has 0 amide bonds. The SMILES string of the molecule is C=C(/C=C\C(=C/COC)CSCN1CCCC1)OCC. The Hall–Kier alpha value is -0.710. The summed E-state index contributed by atoms with van der Waals surface area (Å²) in [5.74, 6) is 2.82. The smallest absolute Gasteiger partial charge is 0.112 e. The zero-order chi connectivity index (χ0) is 14.6. The minimum Gasteiger partial charge on any atom is -0.495 e. The van der Waals surface area contributed by atoms with E-state index >= 15 is 0 Å². The molecule has 3 nitrogen and oxygen atoms in total. The molecule has 0 aromatic carbocycles. The lowest BCUT2D eigenvalue weighted by Crippen LogP contribution is -2.18. The molecule has 114 valence electrons. The molecule has 0 aromatic heterocycles. The quantitative estimate of drug-likeness (QED) is 0.455. The summed E-state index contributed by atoms with van der Waals surface area (Å²) in [4.78, 5) is 2.52. The fraction of sp³-hybridized carbons (Fsp3) is 0.625. The number of methoxy groups -OCH3 is 1. The van der Waals surface area contributed by atoms with Crippen molar-refractivity contribution in [2.24, 2.45) is 0 Å². The zero-order valence-electron chi connectivity index (χ0n) is 12.8. The summed E-state index contributed by atoms with van der Waals surface area (Å²) in [6.45, 7) is 9.63. The molecule has 1 saturated heterocycles. The van der Waals surface area contributed by atoms with Crippen molar-refractivity contribution in [2.45, 2.75) is 19.8 Å². The van der Waals surface area contributed by atoms with Gasteiger partial charge in [-0.2, -0.15) is 0 Å². The lowest BCUT2D eigenvalue weighted by atomic mass is 10.2. The largest absolute Gasteiger partial charge is 0.495 e. The number of allylic oxidation sites excluding steroid dienone is 2. The number of rotatable bonds is 10. The molecule has 1 aliphatic rings. The molecule has 1 fully saturated rings. The van der Waals surface area contributed by atoms with Gasteiger partial charge in [0.15, 0.2) is 0 Å². The van der Waals surface area contributed by atoms with Gasteiger partial charge < -0.3 is 9.47 Å². The summed E-state index contributed by atoms with van der Waals surface area (Å²) < 4.78 is 10.5. The first kappa shape index (κ1) is 17.3. The second-order valence-corrected chi connectivity index (χ2v) is 5.72. The number of hydrogen-bond donors (Lipinski definition) is 0. The summed E-state index contributed by atoms with van der Waals surface area (Å²) in [5, 5.41) is 0. The van der Waals surface area contributed by atoms with Gasteiger partial charge in [0, 0.05) is 18.7 Å². The van der Waals surface area contributed by atoms with Crippen LogP contribution in [0.2, 0.25) is 0 Å². The van der Waals surface area contributed by atoms with E-state index in [-0.39, 0.29) is 0 Å². The van der Waals surface area contributed by atoms with Crippen LogP contribution in [-0.2, 0) is 9.47 Å². The molecule has 1 aliphatic heterocycles. The van der Waals surface area contributed by atoms with E-state index in [2.05, 4.69) is 23.6 Å². The van der Waals surface area contributed by atoms with Crippen LogP contribution in [0.4, 0.5) is 0 Å². The molecule has 1 heterocycles. The molecule has 0 saturated carbocycles. The topological polar surface area (TPSA) is 21.7 Å². The second-order valence-electron chi connectivity index (χ2n) is 4.77. The Morgan fingerprint density at radius 1 is 1.30 bits per heavy atom. The number of thioether (sulfide) groups is 1. The van der Waals surface area contributed by atoms with Crippen LogP contribution in [0.25, 0.3) is 0 Å². The summed E-state index contributed by atoms with van der Waals surface area (Å²) in [5.41, 5.74) is 1.26. The van der Waals surface area contributed by atoms with Crippen LogP contribution in [0.1, 0.15) is 19.8 Å². The first-order valence-corrected chi connectivity index (χ1v) is 8.39. The molecule has 4 heteroatoms. The maximum Gasteiger partial charge on any atom is 0.112 e. The fourth-order valence-electron chi connectivity index (χ4n) is 2.00. The van der Waals surface area contributed by atoms with Gasteiger partial charge >= 0.3 is 0 Å². The Morgan fingerprint density at radius 2 is 2.05 bits per heavy atom. The molecular formula is C16H27NO2S. The van der Waals surface area contributed by atoms with Crippen molar-refractivity contribution in [1.82, 2.24) is 4.90 Å². The van der Waals surface area contributed by atoms with E-state index in [0.717, 1.165) is 11.6 Å².